The van der Waals surface area contributed by atoms with E-state index in [0.29, 0.717) is 6.04 Å². The Morgan fingerprint density at radius 1 is 1.56 bits per heavy atom. The van der Waals surface area contributed by atoms with E-state index < -0.39 is 0 Å². The molecule has 3 heteroatoms. The van der Waals surface area contributed by atoms with Crippen LogP contribution in [-0.4, -0.2) is 11.5 Å². The van der Waals surface area contributed by atoms with Crippen LogP contribution in [-0.2, 0) is 0 Å². The highest BCUT2D eigenvalue weighted by atomic mass is 32.1. The highest BCUT2D eigenvalue weighted by molar-refractivity contribution is 7.17. The predicted molar refractivity (Wildman–Crippen MR) is 78.7 cm³/mol. The van der Waals surface area contributed by atoms with Crippen LogP contribution in [0.15, 0.2) is 23.7 Å². The molecule has 1 N–H and O–H groups in total. The Balaban J connectivity index is 2.19. The molecule has 0 aliphatic heterocycles. The summed E-state index contributed by atoms with van der Waals surface area (Å²) < 4.78 is 1.25. The molecule has 2 rings (SSSR count). The first-order chi connectivity index (χ1) is 8.85. The number of hydrogen-bond donors (Lipinski definition) is 1. The van der Waals surface area contributed by atoms with Crippen LogP contribution in [0.1, 0.15) is 37.8 Å². The first-order valence-electron chi connectivity index (χ1n) is 6.35. The van der Waals surface area contributed by atoms with Crippen LogP contribution in [0.4, 0.5) is 0 Å². The molecule has 2 aromatic rings. The Kier molecular flexibility index (Phi) is 4.74. The third-order valence-electron chi connectivity index (χ3n) is 2.94. The Hall–Kier alpha value is -1.37. The molecule has 0 aliphatic rings. The number of nitrogens with one attached hydrogen (secondary N) is 1. The van der Waals surface area contributed by atoms with Crippen LogP contribution >= 0.6 is 11.3 Å². The van der Waals surface area contributed by atoms with Gasteiger partial charge in [0.15, 0.2) is 0 Å². The molecule has 2 aromatic heterocycles. The van der Waals surface area contributed by atoms with Crippen molar-refractivity contribution in [2.24, 2.45) is 0 Å². The molecule has 0 saturated heterocycles. The first-order valence-corrected chi connectivity index (χ1v) is 7.23. The summed E-state index contributed by atoms with van der Waals surface area (Å²) >= 11 is 1.74. The lowest BCUT2D eigenvalue weighted by Crippen LogP contribution is -2.22. The van der Waals surface area contributed by atoms with Crippen LogP contribution in [0.5, 0.6) is 0 Å². The van der Waals surface area contributed by atoms with Gasteiger partial charge < -0.3 is 5.32 Å². The molecule has 0 aliphatic carbocycles. The zero-order chi connectivity index (χ0) is 12.8. The molecule has 0 spiro atoms. The zero-order valence-electron chi connectivity index (χ0n) is 10.6. The minimum atomic E-state index is 0.319. The molecular weight excluding hydrogens is 240 g/mol. The van der Waals surface area contributed by atoms with E-state index >= 15 is 0 Å². The normalized spacial score (nSPS) is 12.4. The monoisotopic (exact) mass is 258 g/mol. The maximum absolute atomic E-state index is 5.37. The standard InChI is InChI=1S/C15H18N2S/c1-3-5-6-13(16-8-4-2)12-10-15-14(17-11-12)7-9-18-15/h1,7,9-11,13,16H,4-6,8H2,2H3. The second-order valence-corrected chi connectivity index (χ2v) is 5.27. The number of thiophene rings is 1. The van der Waals surface area contributed by atoms with Crippen LogP contribution in [0.25, 0.3) is 10.2 Å². The summed E-state index contributed by atoms with van der Waals surface area (Å²) in [6.07, 6.45) is 10.2. The second-order valence-electron chi connectivity index (χ2n) is 4.32. The summed E-state index contributed by atoms with van der Waals surface area (Å²) in [6.45, 7) is 3.18. The average molecular weight is 258 g/mol. The van der Waals surface area contributed by atoms with E-state index in [0.717, 1.165) is 31.3 Å². The van der Waals surface area contributed by atoms with Crippen molar-refractivity contribution >= 4 is 21.6 Å². The number of aromatic nitrogens is 1. The highest BCUT2D eigenvalue weighted by Gasteiger charge is 2.11. The third kappa shape index (κ3) is 3.10. The van der Waals surface area contributed by atoms with Crippen LogP contribution in [0.3, 0.4) is 0 Å². The molecule has 1 unspecified atom stereocenters. The molecule has 2 nitrogen and oxygen atoms in total. The predicted octanol–water partition coefficient (Wildman–Crippen LogP) is 3.75. The molecule has 0 saturated carbocycles. The van der Waals surface area contributed by atoms with Gasteiger partial charge in [-0.05, 0) is 42.5 Å². The second kappa shape index (κ2) is 6.53. The Labute approximate surface area is 112 Å². The van der Waals surface area contributed by atoms with Crippen LogP contribution in [0, 0.1) is 12.3 Å². The van der Waals surface area contributed by atoms with Gasteiger partial charge in [-0.25, -0.2) is 0 Å². The fourth-order valence-electron chi connectivity index (χ4n) is 1.99. The number of fused-ring (bicyclic) bond motifs is 1. The van der Waals surface area contributed by atoms with Gasteiger partial charge in [0.25, 0.3) is 0 Å². The van der Waals surface area contributed by atoms with E-state index in [1.54, 1.807) is 11.3 Å². The number of rotatable bonds is 6. The average Bonchev–Trinajstić information content (AvgIpc) is 2.86. The maximum Gasteiger partial charge on any atom is 0.0809 e. The van der Waals surface area contributed by atoms with E-state index in [1.807, 2.05) is 6.20 Å². The Bertz CT molecular complexity index is 539. The van der Waals surface area contributed by atoms with E-state index in [4.69, 9.17) is 6.42 Å². The van der Waals surface area contributed by atoms with Crippen molar-refractivity contribution in [3.63, 3.8) is 0 Å². The van der Waals surface area contributed by atoms with Crippen molar-refractivity contribution in [1.29, 1.82) is 0 Å². The summed E-state index contributed by atoms with van der Waals surface area (Å²) in [6, 6.07) is 4.61. The Morgan fingerprint density at radius 3 is 3.22 bits per heavy atom. The molecule has 18 heavy (non-hydrogen) atoms. The minimum Gasteiger partial charge on any atom is -0.310 e. The van der Waals surface area contributed by atoms with Gasteiger partial charge in [-0.2, -0.15) is 0 Å². The van der Waals surface area contributed by atoms with Crippen molar-refractivity contribution in [2.75, 3.05) is 6.54 Å². The highest BCUT2D eigenvalue weighted by Crippen LogP contribution is 2.24. The zero-order valence-corrected chi connectivity index (χ0v) is 11.5. The van der Waals surface area contributed by atoms with Crippen LogP contribution < -0.4 is 5.32 Å². The van der Waals surface area contributed by atoms with Crippen molar-refractivity contribution in [3.8, 4) is 12.3 Å². The molecule has 94 valence electrons. The van der Waals surface area contributed by atoms with E-state index in [-0.39, 0.29) is 0 Å². The molecule has 1 atom stereocenters. The summed E-state index contributed by atoms with van der Waals surface area (Å²) in [5.41, 5.74) is 2.32. The van der Waals surface area contributed by atoms with Gasteiger partial charge in [-0.1, -0.05) is 6.92 Å². The maximum atomic E-state index is 5.37. The first kappa shape index (κ1) is 13.1. The summed E-state index contributed by atoms with van der Waals surface area (Å²) in [5, 5.41) is 5.63. The largest absolute Gasteiger partial charge is 0.310 e. The molecule has 0 bridgehead atoms. The van der Waals surface area contributed by atoms with E-state index in [9.17, 15) is 0 Å². The lowest BCUT2D eigenvalue weighted by molar-refractivity contribution is 0.505. The van der Waals surface area contributed by atoms with Crippen molar-refractivity contribution in [2.45, 2.75) is 32.2 Å². The van der Waals surface area contributed by atoms with Gasteiger partial charge >= 0.3 is 0 Å². The molecule has 0 radical (unpaired) electrons. The van der Waals surface area contributed by atoms with Crippen molar-refractivity contribution < 1.29 is 0 Å². The molecule has 0 amide bonds. The molecule has 2 heterocycles. The van der Waals surface area contributed by atoms with Gasteiger partial charge in [0.2, 0.25) is 0 Å². The fourth-order valence-corrected chi connectivity index (χ4v) is 2.77. The van der Waals surface area contributed by atoms with Gasteiger partial charge in [0, 0.05) is 18.7 Å². The van der Waals surface area contributed by atoms with Crippen molar-refractivity contribution in [3.05, 3.63) is 29.3 Å². The summed E-state index contributed by atoms with van der Waals surface area (Å²) in [5.74, 6) is 2.72. The van der Waals surface area contributed by atoms with Crippen LogP contribution in [0.2, 0.25) is 0 Å². The van der Waals surface area contributed by atoms with Gasteiger partial charge in [-0.15, -0.1) is 23.7 Å². The number of terminal acetylenes is 1. The SMILES string of the molecule is C#CCCC(NCCC)c1cnc2ccsc2c1. The topological polar surface area (TPSA) is 24.9 Å². The fraction of sp³-hybridized carbons (Fsp3) is 0.400. The molecular formula is C15H18N2S. The number of pyridine rings is 1. The third-order valence-corrected chi connectivity index (χ3v) is 3.80. The van der Waals surface area contributed by atoms with E-state index in [1.165, 1.54) is 10.3 Å². The quantitative estimate of drug-likeness (QED) is 0.798. The lowest BCUT2D eigenvalue weighted by atomic mass is 10.0. The van der Waals surface area contributed by atoms with Gasteiger partial charge in [0.05, 0.1) is 10.2 Å². The smallest absolute Gasteiger partial charge is 0.0809 e. The number of nitrogens with zero attached hydrogens (tertiary/aromatic N) is 1. The summed E-state index contributed by atoms with van der Waals surface area (Å²) in [7, 11) is 0. The lowest BCUT2D eigenvalue weighted by Gasteiger charge is -2.17. The van der Waals surface area contributed by atoms with Gasteiger partial charge in [0.1, 0.15) is 0 Å². The van der Waals surface area contributed by atoms with E-state index in [2.05, 4.69) is 40.7 Å². The molecule has 0 aromatic carbocycles. The van der Waals surface area contributed by atoms with Crippen molar-refractivity contribution in [1.82, 2.24) is 10.3 Å². The summed E-state index contributed by atoms with van der Waals surface area (Å²) in [4.78, 5) is 4.50. The van der Waals surface area contributed by atoms with Gasteiger partial charge in [-0.3, -0.25) is 4.98 Å². The molecule has 0 fully saturated rings. The number of hydrogen-bond acceptors (Lipinski definition) is 3. The Morgan fingerprint density at radius 2 is 2.44 bits per heavy atom. The minimum absolute atomic E-state index is 0.319.